The van der Waals surface area contributed by atoms with Crippen LogP contribution in [-0.2, 0) is 19.6 Å². The molecule has 108 valence electrons. The van der Waals surface area contributed by atoms with E-state index < -0.39 is 22.0 Å². The minimum atomic E-state index is -3.80. The van der Waals surface area contributed by atoms with Crippen LogP contribution in [0.2, 0.25) is 0 Å². The summed E-state index contributed by atoms with van der Waals surface area (Å²) in [5.41, 5.74) is 0. The van der Waals surface area contributed by atoms with Crippen molar-refractivity contribution >= 4 is 43.3 Å². The third kappa shape index (κ3) is 5.19. The molecule has 0 saturated heterocycles. The minimum absolute atomic E-state index is 0.0809. The Morgan fingerprint density at radius 3 is 2.74 bits per heavy atom. The third-order valence-corrected chi connectivity index (χ3v) is 5.84. The molecule has 0 bridgehead atoms. The van der Waals surface area contributed by atoms with E-state index in [9.17, 15) is 13.2 Å². The van der Waals surface area contributed by atoms with Gasteiger partial charge in [0.15, 0.2) is 0 Å². The Kier molecular flexibility index (Phi) is 6.40. The van der Waals surface area contributed by atoms with E-state index >= 15 is 0 Å². The molecule has 1 unspecified atom stereocenters. The molecule has 1 heterocycles. The van der Waals surface area contributed by atoms with Gasteiger partial charge in [-0.15, -0.1) is 11.3 Å². The van der Waals surface area contributed by atoms with Crippen molar-refractivity contribution in [1.29, 1.82) is 0 Å². The highest BCUT2D eigenvalue weighted by atomic mass is 79.9. The molecule has 0 saturated carbocycles. The van der Waals surface area contributed by atoms with E-state index in [0.717, 1.165) is 11.3 Å². The van der Waals surface area contributed by atoms with Crippen molar-refractivity contribution in [3.8, 4) is 0 Å². The number of methoxy groups -OCH3 is 1. The second-order valence-electron chi connectivity index (χ2n) is 3.71. The van der Waals surface area contributed by atoms with Gasteiger partial charge in [0.1, 0.15) is 10.3 Å². The maximum absolute atomic E-state index is 12.0. The van der Waals surface area contributed by atoms with Crippen molar-refractivity contribution in [3.05, 3.63) is 15.9 Å². The molecule has 1 aromatic heterocycles. The van der Waals surface area contributed by atoms with Gasteiger partial charge in [0.05, 0.1) is 3.79 Å². The molecule has 9 heteroatoms. The first-order valence-electron chi connectivity index (χ1n) is 5.36. The van der Waals surface area contributed by atoms with Gasteiger partial charge in [-0.05, 0) is 40.9 Å². The van der Waals surface area contributed by atoms with Gasteiger partial charge in [0.2, 0.25) is 0 Å². The van der Waals surface area contributed by atoms with Crippen LogP contribution in [0.25, 0.3) is 0 Å². The Bertz CT molecular complexity index is 528. The van der Waals surface area contributed by atoms with E-state index in [-0.39, 0.29) is 10.6 Å². The topological polar surface area (TPSA) is 92.7 Å². The fourth-order valence-electron chi connectivity index (χ4n) is 1.35. The van der Waals surface area contributed by atoms with Gasteiger partial charge in [-0.1, -0.05) is 0 Å². The monoisotopic (exact) mass is 371 g/mol. The lowest BCUT2D eigenvalue weighted by atomic mass is 10.2. The zero-order chi connectivity index (χ0) is 14.5. The SMILES string of the molecule is COCCCC(NS(=O)(=O)c1ccc(Br)s1)C(=O)O. The third-order valence-electron chi connectivity index (χ3n) is 2.25. The van der Waals surface area contributed by atoms with Crippen molar-refractivity contribution in [2.45, 2.75) is 23.1 Å². The summed E-state index contributed by atoms with van der Waals surface area (Å²) in [4.78, 5) is 11.0. The van der Waals surface area contributed by atoms with E-state index in [4.69, 9.17) is 9.84 Å². The summed E-state index contributed by atoms with van der Waals surface area (Å²) in [6, 6.07) is 1.87. The Hall–Kier alpha value is -0.480. The molecule has 0 aliphatic carbocycles. The highest BCUT2D eigenvalue weighted by molar-refractivity contribution is 9.11. The molecule has 0 fully saturated rings. The molecule has 0 spiro atoms. The average Bonchev–Trinajstić information content (AvgIpc) is 2.75. The molecule has 6 nitrogen and oxygen atoms in total. The Labute approximate surface area is 124 Å². The standard InChI is InChI=1S/C10H14BrNO5S2/c1-17-6-2-3-7(10(13)14)12-19(15,16)9-5-4-8(11)18-9/h4-5,7,12H,2-3,6H2,1H3,(H,13,14). The van der Waals surface area contributed by atoms with Gasteiger partial charge < -0.3 is 9.84 Å². The van der Waals surface area contributed by atoms with E-state index in [0.29, 0.717) is 16.8 Å². The van der Waals surface area contributed by atoms with Crippen LogP contribution in [0.4, 0.5) is 0 Å². The first-order valence-corrected chi connectivity index (χ1v) is 8.45. The maximum Gasteiger partial charge on any atom is 0.321 e. The van der Waals surface area contributed by atoms with Gasteiger partial charge in [-0.2, -0.15) is 4.72 Å². The number of hydrogen-bond acceptors (Lipinski definition) is 5. The molecular formula is C10H14BrNO5S2. The van der Waals surface area contributed by atoms with Crippen LogP contribution < -0.4 is 4.72 Å². The highest BCUT2D eigenvalue weighted by Gasteiger charge is 2.26. The summed E-state index contributed by atoms with van der Waals surface area (Å²) in [7, 11) is -2.30. The fraction of sp³-hybridized carbons (Fsp3) is 0.500. The first-order chi connectivity index (χ1) is 8.86. The number of sulfonamides is 1. The molecule has 19 heavy (non-hydrogen) atoms. The normalized spacial score (nSPS) is 13.4. The summed E-state index contributed by atoms with van der Waals surface area (Å²) < 4.78 is 31.7. The second-order valence-corrected chi connectivity index (χ2v) is 8.11. The Morgan fingerprint density at radius 1 is 1.58 bits per heavy atom. The number of nitrogens with one attached hydrogen (secondary N) is 1. The molecule has 0 aliphatic heterocycles. The van der Waals surface area contributed by atoms with Crippen molar-refractivity contribution < 1.29 is 23.1 Å². The number of carbonyl (C=O) groups is 1. The van der Waals surface area contributed by atoms with Crippen molar-refractivity contribution in [2.24, 2.45) is 0 Å². The van der Waals surface area contributed by atoms with Gasteiger partial charge in [-0.25, -0.2) is 8.42 Å². The lowest BCUT2D eigenvalue weighted by molar-refractivity contribution is -0.139. The average molecular weight is 372 g/mol. The van der Waals surface area contributed by atoms with Gasteiger partial charge in [0, 0.05) is 13.7 Å². The predicted octanol–water partition coefficient (Wildman–Crippen LogP) is 1.67. The lowest BCUT2D eigenvalue weighted by Crippen LogP contribution is -2.40. The molecule has 0 aromatic carbocycles. The molecule has 1 atom stereocenters. The van der Waals surface area contributed by atoms with Crippen LogP contribution in [0.5, 0.6) is 0 Å². The smallest absolute Gasteiger partial charge is 0.321 e. The molecular weight excluding hydrogens is 358 g/mol. The first kappa shape index (κ1) is 16.6. The number of carboxylic acid groups (broad SMARTS) is 1. The minimum Gasteiger partial charge on any atom is -0.480 e. The zero-order valence-electron chi connectivity index (χ0n) is 10.1. The fourth-order valence-corrected chi connectivity index (χ4v) is 4.60. The summed E-state index contributed by atoms with van der Waals surface area (Å²) in [6.45, 7) is 0.385. The van der Waals surface area contributed by atoms with Gasteiger partial charge in [-0.3, -0.25) is 4.79 Å². The predicted molar refractivity (Wildman–Crippen MR) is 74.9 cm³/mol. The van der Waals surface area contributed by atoms with E-state index in [1.807, 2.05) is 0 Å². The van der Waals surface area contributed by atoms with Crippen LogP contribution in [-0.4, -0.2) is 39.3 Å². The molecule has 1 rings (SSSR count). The van der Waals surface area contributed by atoms with Crippen LogP contribution >= 0.6 is 27.3 Å². The molecule has 0 radical (unpaired) electrons. The summed E-state index contributed by atoms with van der Waals surface area (Å²) in [5, 5.41) is 9.01. The van der Waals surface area contributed by atoms with Crippen molar-refractivity contribution in [1.82, 2.24) is 4.72 Å². The largest absolute Gasteiger partial charge is 0.480 e. The summed E-state index contributed by atoms with van der Waals surface area (Å²) in [6.07, 6.45) is 0.638. The van der Waals surface area contributed by atoms with Gasteiger partial charge >= 0.3 is 5.97 Å². The Balaban J connectivity index is 2.75. The number of halogens is 1. The number of rotatable bonds is 8. The van der Waals surface area contributed by atoms with E-state index in [1.54, 1.807) is 6.07 Å². The summed E-state index contributed by atoms with van der Waals surface area (Å²) in [5.74, 6) is -1.20. The van der Waals surface area contributed by atoms with Crippen LogP contribution in [0, 0.1) is 0 Å². The zero-order valence-corrected chi connectivity index (χ0v) is 13.3. The highest BCUT2D eigenvalue weighted by Crippen LogP contribution is 2.26. The van der Waals surface area contributed by atoms with Crippen molar-refractivity contribution in [3.63, 3.8) is 0 Å². The van der Waals surface area contributed by atoms with E-state index in [2.05, 4.69) is 20.7 Å². The Morgan fingerprint density at radius 2 is 2.26 bits per heavy atom. The molecule has 0 aliphatic rings. The van der Waals surface area contributed by atoms with Crippen LogP contribution in [0.1, 0.15) is 12.8 Å². The second kappa shape index (κ2) is 7.34. The van der Waals surface area contributed by atoms with E-state index in [1.165, 1.54) is 13.2 Å². The quantitative estimate of drug-likeness (QED) is 0.678. The van der Waals surface area contributed by atoms with Crippen molar-refractivity contribution in [2.75, 3.05) is 13.7 Å². The summed E-state index contributed by atoms with van der Waals surface area (Å²) >= 11 is 4.19. The van der Waals surface area contributed by atoms with Gasteiger partial charge in [0.25, 0.3) is 10.0 Å². The molecule has 0 amide bonds. The number of carboxylic acids is 1. The van der Waals surface area contributed by atoms with Crippen LogP contribution in [0.3, 0.4) is 0 Å². The van der Waals surface area contributed by atoms with Crippen LogP contribution in [0.15, 0.2) is 20.1 Å². The maximum atomic E-state index is 12.0. The number of hydrogen-bond donors (Lipinski definition) is 2. The molecule has 2 N–H and O–H groups in total. The number of thiophene rings is 1. The molecule has 1 aromatic rings. The lowest BCUT2D eigenvalue weighted by Gasteiger charge is -2.13. The number of ether oxygens (including phenoxy) is 1. The number of aliphatic carboxylic acids is 1.